The third kappa shape index (κ3) is 3.16. The van der Waals surface area contributed by atoms with Crippen molar-refractivity contribution in [3.05, 3.63) is 33.2 Å². The molecular weight excluding hydrogens is 308 g/mol. The minimum absolute atomic E-state index is 0.0764. The number of carbonyl (C=O) groups is 1. The van der Waals surface area contributed by atoms with Crippen LogP contribution in [0, 0.1) is 0 Å². The fourth-order valence-electron chi connectivity index (χ4n) is 2.19. The van der Waals surface area contributed by atoms with Crippen LogP contribution in [0.25, 0.3) is 0 Å². The Morgan fingerprint density at radius 3 is 3.14 bits per heavy atom. The molecule has 2 heterocycles. The van der Waals surface area contributed by atoms with E-state index in [1.165, 1.54) is 23.1 Å². The minimum Gasteiger partial charge on any atom is -0.301 e. The van der Waals surface area contributed by atoms with Crippen LogP contribution < -0.4 is 10.9 Å². The van der Waals surface area contributed by atoms with Crippen molar-refractivity contribution >= 4 is 34.1 Å². The van der Waals surface area contributed by atoms with Crippen LogP contribution in [0.4, 0.5) is 5.13 Å². The summed E-state index contributed by atoms with van der Waals surface area (Å²) < 4.78 is 0. The van der Waals surface area contributed by atoms with E-state index in [-0.39, 0.29) is 16.7 Å². The fourth-order valence-corrected chi connectivity index (χ4v) is 3.54. The van der Waals surface area contributed by atoms with Crippen molar-refractivity contribution in [2.75, 3.05) is 5.32 Å². The first-order valence-corrected chi connectivity index (χ1v) is 8.38. The van der Waals surface area contributed by atoms with Gasteiger partial charge in [-0.25, -0.2) is 9.97 Å². The highest BCUT2D eigenvalue weighted by Crippen LogP contribution is 2.23. The van der Waals surface area contributed by atoms with Gasteiger partial charge in [-0.3, -0.25) is 9.59 Å². The molecule has 110 valence electrons. The summed E-state index contributed by atoms with van der Waals surface area (Å²) >= 11 is 2.62. The lowest BCUT2D eigenvalue weighted by Crippen LogP contribution is -2.23. The Balaban J connectivity index is 1.70. The summed E-state index contributed by atoms with van der Waals surface area (Å²) in [6.45, 7) is 1.78. The fraction of sp³-hybridized carbons (Fsp3) is 0.385. The van der Waals surface area contributed by atoms with Gasteiger partial charge in [0, 0.05) is 17.1 Å². The number of thiazole rings is 1. The highest BCUT2D eigenvalue weighted by atomic mass is 32.2. The number of H-pyrrole nitrogens is 1. The number of fused-ring (bicyclic) bond motifs is 1. The van der Waals surface area contributed by atoms with Crippen LogP contribution >= 0.6 is 23.1 Å². The van der Waals surface area contributed by atoms with E-state index in [4.69, 9.17) is 0 Å². The van der Waals surface area contributed by atoms with Gasteiger partial charge in [-0.1, -0.05) is 11.8 Å². The van der Waals surface area contributed by atoms with E-state index in [1.807, 2.05) is 0 Å². The smallest absolute Gasteiger partial charge is 0.254 e. The van der Waals surface area contributed by atoms with Gasteiger partial charge in [-0.2, -0.15) is 0 Å². The molecule has 6 nitrogen and oxygen atoms in total. The molecule has 2 aromatic heterocycles. The van der Waals surface area contributed by atoms with Crippen LogP contribution in [0.5, 0.6) is 0 Å². The summed E-state index contributed by atoms with van der Waals surface area (Å²) in [5, 5.41) is 5.25. The molecule has 1 aliphatic carbocycles. The molecule has 1 unspecified atom stereocenters. The Morgan fingerprint density at radius 2 is 2.38 bits per heavy atom. The van der Waals surface area contributed by atoms with Crippen LogP contribution in [0.3, 0.4) is 0 Å². The second-order valence-electron chi connectivity index (χ2n) is 4.74. The molecule has 0 saturated heterocycles. The average molecular weight is 322 g/mol. The molecule has 2 N–H and O–H groups in total. The van der Waals surface area contributed by atoms with Gasteiger partial charge in [0.1, 0.15) is 0 Å². The van der Waals surface area contributed by atoms with E-state index >= 15 is 0 Å². The van der Waals surface area contributed by atoms with Gasteiger partial charge >= 0.3 is 0 Å². The quantitative estimate of drug-likeness (QED) is 0.662. The van der Waals surface area contributed by atoms with Crippen LogP contribution in [0.2, 0.25) is 0 Å². The highest BCUT2D eigenvalue weighted by Gasteiger charge is 2.20. The van der Waals surface area contributed by atoms with Gasteiger partial charge in [0.15, 0.2) is 10.3 Å². The zero-order chi connectivity index (χ0) is 14.8. The molecule has 8 heteroatoms. The van der Waals surface area contributed by atoms with Crippen molar-refractivity contribution in [3.8, 4) is 0 Å². The van der Waals surface area contributed by atoms with Crippen molar-refractivity contribution in [1.29, 1.82) is 0 Å². The Morgan fingerprint density at radius 1 is 1.52 bits per heavy atom. The molecule has 0 bridgehead atoms. The normalized spacial score (nSPS) is 14.7. The molecule has 21 heavy (non-hydrogen) atoms. The largest absolute Gasteiger partial charge is 0.301 e. The second-order valence-corrected chi connectivity index (χ2v) is 6.96. The number of nitrogens with one attached hydrogen (secondary N) is 2. The van der Waals surface area contributed by atoms with Gasteiger partial charge in [-0.15, -0.1) is 11.3 Å². The molecule has 3 rings (SSSR count). The van der Waals surface area contributed by atoms with Crippen molar-refractivity contribution in [2.45, 2.75) is 36.6 Å². The Bertz CT molecular complexity index is 711. The Hall–Kier alpha value is -1.67. The van der Waals surface area contributed by atoms with Crippen LogP contribution in [-0.4, -0.2) is 26.1 Å². The summed E-state index contributed by atoms with van der Waals surface area (Å²) in [6, 6.07) is 0. The summed E-state index contributed by atoms with van der Waals surface area (Å²) in [7, 11) is 0. The molecule has 1 aliphatic rings. The maximum absolute atomic E-state index is 12.0. The third-order valence-electron chi connectivity index (χ3n) is 3.24. The number of hydrogen-bond donors (Lipinski definition) is 2. The summed E-state index contributed by atoms with van der Waals surface area (Å²) in [6.07, 6.45) is 4.24. The predicted octanol–water partition coefficient (Wildman–Crippen LogP) is 1.83. The first kappa shape index (κ1) is 14.3. The number of carbonyl (C=O) groups excluding carboxylic acids is 1. The highest BCUT2D eigenvalue weighted by molar-refractivity contribution is 8.00. The van der Waals surface area contributed by atoms with Crippen LogP contribution in [0.1, 0.15) is 24.6 Å². The molecular formula is C13H14N4O2S2. The molecule has 0 aliphatic heterocycles. The molecule has 0 saturated carbocycles. The van der Waals surface area contributed by atoms with E-state index in [2.05, 4.69) is 20.3 Å². The van der Waals surface area contributed by atoms with Crippen molar-refractivity contribution in [2.24, 2.45) is 0 Å². The third-order valence-corrected chi connectivity index (χ3v) is 4.91. The van der Waals surface area contributed by atoms with Gasteiger partial charge in [0.05, 0.1) is 10.9 Å². The first-order chi connectivity index (χ1) is 10.1. The maximum Gasteiger partial charge on any atom is 0.254 e. The SMILES string of the molecule is CC(Sc1nc2c(c(=O)[nH]1)CCC2)C(=O)Nc1nccs1. The number of hydrogen-bond acceptors (Lipinski definition) is 6. The van der Waals surface area contributed by atoms with Gasteiger partial charge < -0.3 is 10.3 Å². The number of aryl methyl sites for hydroxylation is 1. The summed E-state index contributed by atoms with van der Waals surface area (Å²) in [5.41, 5.74) is 1.58. The lowest BCUT2D eigenvalue weighted by atomic mass is 10.3. The molecule has 0 aromatic carbocycles. The minimum atomic E-state index is -0.364. The Labute approximate surface area is 129 Å². The summed E-state index contributed by atoms with van der Waals surface area (Å²) in [4.78, 5) is 35.2. The van der Waals surface area contributed by atoms with Crippen molar-refractivity contribution in [1.82, 2.24) is 15.0 Å². The molecule has 0 radical (unpaired) electrons. The number of rotatable bonds is 4. The topological polar surface area (TPSA) is 87.7 Å². The first-order valence-electron chi connectivity index (χ1n) is 6.62. The van der Waals surface area contributed by atoms with E-state index < -0.39 is 0 Å². The van der Waals surface area contributed by atoms with Gasteiger partial charge in [0.2, 0.25) is 5.91 Å². The van der Waals surface area contributed by atoms with E-state index in [0.29, 0.717) is 10.3 Å². The monoisotopic (exact) mass is 322 g/mol. The predicted molar refractivity (Wildman–Crippen MR) is 82.9 cm³/mol. The standard InChI is InChI=1S/C13H14N4O2S2/c1-7(10(18)16-12-14-5-6-20-12)21-13-15-9-4-2-3-8(9)11(19)17-13/h5-7H,2-4H2,1H3,(H,14,16,18)(H,15,17,19). The molecule has 2 aromatic rings. The maximum atomic E-state index is 12.0. The molecule has 0 spiro atoms. The van der Waals surface area contributed by atoms with E-state index in [1.54, 1.807) is 18.5 Å². The lowest BCUT2D eigenvalue weighted by Gasteiger charge is -2.10. The molecule has 0 fully saturated rings. The number of aromatic nitrogens is 3. The second kappa shape index (κ2) is 5.98. The average Bonchev–Trinajstić information content (AvgIpc) is 3.09. The van der Waals surface area contributed by atoms with Gasteiger partial charge in [0.25, 0.3) is 5.56 Å². The molecule has 1 atom stereocenters. The van der Waals surface area contributed by atoms with Crippen LogP contribution in [-0.2, 0) is 17.6 Å². The molecule has 1 amide bonds. The number of aromatic amines is 1. The van der Waals surface area contributed by atoms with Crippen LogP contribution in [0.15, 0.2) is 21.5 Å². The lowest BCUT2D eigenvalue weighted by molar-refractivity contribution is -0.115. The van der Waals surface area contributed by atoms with Crippen molar-refractivity contribution < 1.29 is 4.79 Å². The summed E-state index contributed by atoms with van der Waals surface area (Å²) in [5.74, 6) is -0.155. The number of amides is 1. The number of thioether (sulfide) groups is 1. The number of anilines is 1. The van der Waals surface area contributed by atoms with Crippen molar-refractivity contribution in [3.63, 3.8) is 0 Å². The van der Waals surface area contributed by atoms with E-state index in [9.17, 15) is 9.59 Å². The zero-order valence-corrected chi connectivity index (χ0v) is 13.0. The van der Waals surface area contributed by atoms with Gasteiger partial charge in [-0.05, 0) is 26.2 Å². The Kier molecular flexibility index (Phi) is 4.07. The van der Waals surface area contributed by atoms with E-state index in [0.717, 1.165) is 30.5 Å². The zero-order valence-electron chi connectivity index (χ0n) is 11.4. The number of nitrogens with zero attached hydrogens (tertiary/aromatic N) is 2.